The molecule has 6 aliphatic rings. The number of methoxy groups -OCH3 is 1. The molecule has 5 fully saturated rings. The molecule has 1 N–H and O–H groups in total. The second-order valence-electron chi connectivity index (χ2n) is 16.9. The number of aliphatic hydroxyl groups is 1. The molecule has 0 amide bonds. The van der Waals surface area contributed by atoms with E-state index < -0.39 is 148 Å². The highest BCUT2D eigenvalue weighted by Gasteiger charge is 2.92. The van der Waals surface area contributed by atoms with E-state index in [0.717, 1.165) is 34.8 Å². The van der Waals surface area contributed by atoms with E-state index in [1.54, 1.807) is 19.9 Å². The van der Waals surface area contributed by atoms with Gasteiger partial charge in [0.05, 0.1) is 23.5 Å². The Labute approximate surface area is 323 Å². The third-order valence-corrected chi connectivity index (χ3v) is 14.3. The average Bonchev–Trinajstić information content (AvgIpc) is 3.87. The number of esters is 7. The van der Waals surface area contributed by atoms with Gasteiger partial charge >= 0.3 is 41.8 Å². The van der Waals surface area contributed by atoms with Crippen LogP contribution >= 0.6 is 0 Å². The first-order valence-electron chi connectivity index (χ1n) is 18.7. The molecule has 1 saturated heterocycles. The van der Waals surface area contributed by atoms with Crippen molar-refractivity contribution in [3.05, 3.63) is 12.2 Å². The summed E-state index contributed by atoms with van der Waals surface area (Å²) in [6.07, 6.45) is -6.43. The number of fused-ring (bicyclic) bond motifs is 9. The Hall–Kier alpha value is -4.38. The number of hydrogen-bond donors (Lipinski definition) is 1. The Morgan fingerprint density at radius 3 is 1.96 bits per heavy atom. The molecule has 0 radical (unpaired) electrons. The molecule has 4 aliphatic carbocycles. The van der Waals surface area contributed by atoms with Gasteiger partial charge in [-0.15, -0.1) is 0 Å². The Morgan fingerprint density at radius 1 is 0.839 bits per heavy atom. The van der Waals surface area contributed by atoms with E-state index in [-0.39, 0.29) is 12.8 Å². The summed E-state index contributed by atoms with van der Waals surface area (Å²) < 4.78 is 47.2. The summed E-state index contributed by atoms with van der Waals surface area (Å²) in [5.41, 5.74) is -10.9. The lowest BCUT2D eigenvalue weighted by Crippen LogP contribution is -2.84. The second-order valence-corrected chi connectivity index (χ2v) is 16.9. The molecule has 56 heavy (non-hydrogen) atoms. The van der Waals surface area contributed by atoms with Crippen molar-refractivity contribution in [2.24, 2.45) is 39.4 Å². The fraction of sp³-hybridized carbons (Fsp3) is 0.744. The predicted octanol–water partition coefficient (Wildman–Crippen LogP) is 1.47. The Kier molecular flexibility index (Phi) is 9.84. The van der Waals surface area contributed by atoms with Crippen LogP contribution in [0.3, 0.4) is 0 Å². The highest BCUT2D eigenvalue weighted by Crippen LogP contribution is 2.78. The minimum absolute atomic E-state index is 0.0531. The molecule has 308 valence electrons. The van der Waals surface area contributed by atoms with Gasteiger partial charge in [-0.05, 0) is 43.9 Å². The summed E-state index contributed by atoms with van der Waals surface area (Å²) >= 11 is 0. The van der Waals surface area contributed by atoms with Crippen molar-refractivity contribution >= 4 is 47.6 Å². The van der Waals surface area contributed by atoms with E-state index in [4.69, 9.17) is 37.9 Å². The molecule has 17 nitrogen and oxygen atoms in total. The highest BCUT2D eigenvalue weighted by molar-refractivity contribution is 6.01. The van der Waals surface area contributed by atoms with Gasteiger partial charge in [0.2, 0.25) is 5.60 Å². The van der Waals surface area contributed by atoms with Crippen molar-refractivity contribution in [3.63, 3.8) is 0 Å². The molecular weight excluding hydrogens is 740 g/mol. The van der Waals surface area contributed by atoms with Crippen LogP contribution in [0.15, 0.2) is 12.2 Å². The van der Waals surface area contributed by atoms with Crippen molar-refractivity contribution in [2.75, 3.05) is 13.7 Å². The third kappa shape index (κ3) is 5.31. The van der Waals surface area contributed by atoms with E-state index >= 15 is 0 Å². The van der Waals surface area contributed by atoms with Gasteiger partial charge in [0.1, 0.15) is 24.9 Å². The summed E-state index contributed by atoms with van der Waals surface area (Å²) in [6, 6.07) is 0. The zero-order valence-electron chi connectivity index (χ0n) is 33.2. The zero-order chi connectivity index (χ0) is 41.7. The lowest BCUT2D eigenvalue weighted by atomic mass is 9.31. The summed E-state index contributed by atoms with van der Waals surface area (Å²) in [5.74, 6) is -9.63. The van der Waals surface area contributed by atoms with Crippen molar-refractivity contribution < 1.29 is 81.4 Å². The monoisotopic (exact) mass is 790 g/mol. The standard InChI is InChI=1S/C39H50O17/c1-17(51-18(2)40)37-16-50-26(46)12-11-24(37)34(7)14-13-25-35(8,28(34)27(52-19(3)41)30(37)53-20(4)42)31(54-21(5)43)32(55-22(6)44)36(9)38(25,48)15-23(45)29-39(36,56-29)33(47)49-10/h11-12,17,24-25,27-32,48H,13-16H2,1-10H3/t17-,24-,25+,27-,28-,29+,30-,31+,32-,34-,35-,36+,37+,38+,39-/m0/s1. The molecule has 2 heterocycles. The van der Waals surface area contributed by atoms with Crippen molar-refractivity contribution in [1.29, 1.82) is 0 Å². The van der Waals surface area contributed by atoms with Crippen LogP contribution in [-0.4, -0.2) is 114 Å². The number of cyclic esters (lactones) is 1. The Bertz CT molecular complexity index is 1810. The lowest BCUT2D eigenvalue weighted by molar-refractivity contribution is -0.356. The molecule has 6 rings (SSSR count). The van der Waals surface area contributed by atoms with Crippen LogP contribution in [-0.2, 0) is 76.3 Å². The van der Waals surface area contributed by atoms with Gasteiger partial charge < -0.3 is 43.0 Å². The van der Waals surface area contributed by atoms with Crippen LogP contribution in [0.5, 0.6) is 0 Å². The molecule has 0 spiro atoms. The largest absolute Gasteiger partial charge is 0.467 e. The number of ether oxygens (including phenoxy) is 8. The fourth-order valence-corrected chi connectivity index (χ4v) is 12.5. The molecule has 0 bridgehead atoms. The molecule has 0 unspecified atom stereocenters. The van der Waals surface area contributed by atoms with E-state index in [1.165, 1.54) is 19.9 Å². The van der Waals surface area contributed by atoms with Crippen LogP contribution in [0.1, 0.15) is 81.6 Å². The summed E-state index contributed by atoms with van der Waals surface area (Å²) in [5, 5.41) is 13.5. The second kappa shape index (κ2) is 13.4. The first-order valence-corrected chi connectivity index (χ1v) is 18.7. The molecule has 0 aromatic rings. The summed E-state index contributed by atoms with van der Waals surface area (Å²) in [7, 11) is 1.08. The van der Waals surface area contributed by atoms with Crippen molar-refractivity contribution in [2.45, 2.75) is 129 Å². The third-order valence-electron chi connectivity index (χ3n) is 14.3. The number of carbonyl (C=O) groups excluding carboxylic acids is 8. The minimum atomic E-state index is -2.26. The number of allylic oxidation sites excluding steroid dienone is 1. The predicted molar refractivity (Wildman–Crippen MR) is 184 cm³/mol. The lowest BCUT2D eigenvalue weighted by Gasteiger charge is -2.74. The fourth-order valence-electron chi connectivity index (χ4n) is 12.5. The van der Waals surface area contributed by atoms with Gasteiger partial charge in [-0.25, -0.2) is 9.59 Å². The molecule has 15 atom stereocenters. The van der Waals surface area contributed by atoms with Crippen LogP contribution in [0, 0.1) is 39.4 Å². The first-order chi connectivity index (χ1) is 25.9. The SMILES string of the molecule is COC(=O)[C@@]12O[C@@H]1C(=O)C[C@@]1(O)[C@@H]3CC[C@]4(C)[C@H]([C@H](OC(C)=O)[C@H](OC(C)=O)[C@@]5([C@H](C)OC(C)=O)COC(=O)C=C[C@@H]45)[C@@]3(C)[C@H](OC(C)=O)[C@H](OC(C)=O)[C@]12C. The van der Waals surface area contributed by atoms with Crippen LogP contribution < -0.4 is 0 Å². The molecule has 4 saturated carbocycles. The normalized spacial score (nSPS) is 44.9. The molecule has 0 aromatic heterocycles. The number of epoxide rings is 1. The van der Waals surface area contributed by atoms with Gasteiger partial charge in [-0.3, -0.25) is 28.8 Å². The Morgan fingerprint density at radius 2 is 1.41 bits per heavy atom. The number of rotatable bonds is 7. The van der Waals surface area contributed by atoms with Gasteiger partial charge in [0, 0.05) is 58.4 Å². The van der Waals surface area contributed by atoms with Crippen molar-refractivity contribution in [3.8, 4) is 0 Å². The summed E-state index contributed by atoms with van der Waals surface area (Å²) in [4.78, 5) is 106. The van der Waals surface area contributed by atoms with E-state index in [1.807, 2.05) is 6.92 Å². The number of Topliss-reactive ketones (excluding diaryl/α,β-unsaturated/α-hetero) is 1. The smallest absolute Gasteiger partial charge is 0.342 e. The van der Waals surface area contributed by atoms with E-state index in [2.05, 4.69) is 0 Å². The highest BCUT2D eigenvalue weighted by atomic mass is 16.7. The molecule has 17 heteroatoms. The zero-order valence-corrected chi connectivity index (χ0v) is 33.2. The van der Waals surface area contributed by atoms with Crippen LogP contribution in [0.25, 0.3) is 0 Å². The average molecular weight is 791 g/mol. The molecule has 0 aromatic carbocycles. The summed E-state index contributed by atoms with van der Waals surface area (Å²) in [6.45, 7) is 11.7. The quantitative estimate of drug-likeness (QED) is 0.218. The maximum absolute atomic E-state index is 13.9. The van der Waals surface area contributed by atoms with Gasteiger partial charge in [0.25, 0.3) is 0 Å². The van der Waals surface area contributed by atoms with Gasteiger partial charge in [-0.1, -0.05) is 19.9 Å². The van der Waals surface area contributed by atoms with Gasteiger partial charge in [-0.2, -0.15) is 0 Å². The topological polar surface area (TPSA) is 234 Å². The maximum Gasteiger partial charge on any atom is 0.342 e. The number of carbonyl (C=O) groups is 8. The van der Waals surface area contributed by atoms with Crippen LogP contribution in [0.4, 0.5) is 0 Å². The molecular formula is C39H50O17. The van der Waals surface area contributed by atoms with Crippen molar-refractivity contribution in [1.82, 2.24) is 0 Å². The minimum Gasteiger partial charge on any atom is -0.467 e. The maximum atomic E-state index is 13.9. The van der Waals surface area contributed by atoms with Gasteiger partial charge in [0.15, 0.2) is 24.1 Å². The number of ketones is 1. The van der Waals surface area contributed by atoms with Crippen LogP contribution in [0.2, 0.25) is 0 Å². The Balaban J connectivity index is 1.72. The number of hydrogen-bond acceptors (Lipinski definition) is 17. The first kappa shape index (κ1) is 41.3. The van der Waals surface area contributed by atoms with E-state index in [9.17, 15) is 43.5 Å². The molecule has 2 aliphatic heterocycles. The van der Waals surface area contributed by atoms with E-state index in [0.29, 0.717) is 0 Å².